The maximum Gasteiger partial charge on any atom is 0.142 e. The molecule has 1 saturated carbocycles. The highest BCUT2D eigenvalue weighted by atomic mass is 16.3. The van der Waals surface area contributed by atoms with Crippen LogP contribution in [-0.2, 0) is 7.05 Å². The summed E-state index contributed by atoms with van der Waals surface area (Å²) in [6.07, 6.45) is 8.60. The number of aliphatic hydroxyl groups excluding tert-OH is 1. The molecule has 1 N–H and O–H groups in total. The molecule has 2 aliphatic rings. The van der Waals surface area contributed by atoms with Crippen molar-refractivity contribution in [2.24, 2.45) is 13.0 Å². The summed E-state index contributed by atoms with van der Waals surface area (Å²) in [6.45, 7) is 5.55. The monoisotopic (exact) mass is 354 g/mol. The largest absolute Gasteiger partial charge is 0.380 e. The van der Waals surface area contributed by atoms with Crippen LogP contribution in [0.1, 0.15) is 43.2 Å². The van der Waals surface area contributed by atoms with Gasteiger partial charge in [0.05, 0.1) is 0 Å². The molecule has 5 heteroatoms. The number of anilines is 1. The Kier molecular flexibility index (Phi) is 5.27. The van der Waals surface area contributed by atoms with Crippen molar-refractivity contribution in [2.75, 3.05) is 37.6 Å². The molecule has 2 fully saturated rings. The molecule has 1 aliphatic carbocycles. The normalized spacial score (nSPS) is 20.6. The summed E-state index contributed by atoms with van der Waals surface area (Å²) in [7, 11) is 1.93. The zero-order chi connectivity index (χ0) is 17.9. The van der Waals surface area contributed by atoms with E-state index in [9.17, 15) is 5.11 Å². The molecule has 1 unspecified atom stereocenters. The molecule has 1 aromatic heterocycles. The van der Waals surface area contributed by atoms with Crippen molar-refractivity contribution in [3.8, 4) is 0 Å². The molecule has 4 rings (SSSR count). The van der Waals surface area contributed by atoms with Gasteiger partial charge in [0.1, 0.15) is 11.9 Å². The van der Waals surface area contributed by atoms with Gasteiger partial charge in [-0.15, -0.1) is 0 Å². The standard InChI is InChI=1S/C21H30N4O/c1-23-11-10-22-21(23)20(26)18-8-4-5-9-19(18)25-14-12-24(13-15-25)16-17-6-2-3-7-17/h4-5,8-11,17,20,26H,2-3,6-7,12-16H2,1H3. The van der Waals surface area contributed by atoms with Gasteiger partial charge in [-0.1, -0.05) is 31.0 Å². The number of aliphatic hydroxyl groups is 1. The Bertz CT molecular complexity index is 714. The van der Waals surface area contributed by atoms with E-state index in [0.29, 0.717) is 5.82 Å². The van der Waals surface area contributed by atoms with Gasteiger partial charge in [0.2, 0.25) is 0 Å². The lowest BCUT2D eigenvalue weighted by Crippen LogP contribution is -2.48. The van der Waals surface area contributed by atoms with E-state index in [2.05, 4.69) is 26.9 Å². The van der Waals surface area contributed by atoms with E-state index < -0.39 is 6.10 Å². The lowest BCUT2D eigenvalue weighted by molar-refractivity contribution is 0.204. The molecule has 2 heterocycles. The van der Waals surface area contributed by atoms with Crippen molar-refractivity contribution in [2.45, 2.75) is 31.8 Å². The highest BCUT2D eigenvalue weighted by molar-refractivity contribution is 5.56. The Morgan fingerprint density at radius 3 is 2.54 bits per heavy atom. The number of hydrogen-bond acceptors (Lipinski definition) is 4. The van der Waals surface area contributed by atoms with E-state index in [1.54, 1.807) is 6.20 Å². The van der Waals surface area contributed by atoms with Crippen LogP contribution >= 0.6 is 0 Å². The van der Waals surface area contributed by atoms with Crippen molar-refractivity contribution in [1.29, 1.82) is 0 Å². The van der Waals surface area contributed by atoms with Crippen molar-refractivity contribution in [3.05, 3.63) is 48.0 Å². The Morgan fingerprint density at radius 2 is 1.85 bits per heavy atom. The fourth-order valence-electron chi connectivity index (χ4n) is 4.52. The molecule has 26 heavy (non-hydrogen) atoms. The van der Waals surface area contributed by atoms with Crippen LogP contribution in [0.4, 0.5) is 5.69 Å². The third kappa shape index (κ3) is 3.64. The quantitative estimate of drug-likeness (QED) is 0.897. The minimum absolute atomic E-state index is 0.692. The number of rotatable bonds is 5. The number of piperazine rings is 1. The minimum atomic E-state index is -0.692. The molecule has 1 aliphatic heterocycles. The zero-order valence-corrected chi connectivity index (χ0v) is 15.7. The molecular weight excluding hydrogens is 324 g/mol. The van der Waals surface area contributed by atoms with Crippen LogP contribution < -0.4 is 4.90 Å². The first-order chi connectivity index (χ1) is 12.7. The Hall–Kier alpha value is -1.85. The predicted octanol–water partition coefficient (Wildman–Crippen LogP) is 2.81. The van der Waals surface area contributed by atoms with Gasteiger partial charge in [-0.25, -0.2) is 4.98 Å². The molecule has 5 nitrogen and oxygen atoms in total. The van der Waals surface area contributed by atoms with Crippen LogP contribution in [-0.4, -0.2) is 52.3 Å². The first-order valence-electron chi connectivity index (χ1n) is 9.94. The second-order valence-corrected chi connectivity index (χ2v) is 7.80. The Morgan fingerprint density at radius 1 is 1.12 bits per heavy atom. The fraction of sp³-hybridized carbons (Fsp3) is 0.571. The summed E-state index contributed by atoms with van der Waals surface area (Å²) < 4.78 is 1.89. The lowest BCUT2D eigenvalue weighted by atomic mass is 10.0. The van der Waals surface area contributed by atoms with Crippen LogP contribution in [0.15, 0.2) is 36.7 Å². The van der Waals surface area contributed by atoms with Gasteiger partial charge < -0.3 is 14.6 Å². The maximum atomic E-state index is 10.9. The Balaban J connectivity index is 1.44. The van der Waals surface area contributed by atoms with Crippen molar-refractivity contribution >= 4 is 5.69 Å². The molecule has 0 radical (unpaired) electrons. The fourth-order valence-corrected chi connectivity index (χ4v) is 4.52. The van der Waals surface area contributed by atoms with E-state index in [1.807, 2.05) is 29.9 Å². The molecule has 0 spiro atoms. The summed E-state index contributed by atoms with van der Waals surface area (Å²) in [6, 6.07) is 8.23. The average molecular weight is 354 g/mol. The number of nitrogens with zero attached hydrogens (tertiary/aromatic N) is 4. The smallest absolute Gasteiger partial charge is 0.142 e. The van der Waals surface area contributed by atoms with Gasteiger partial charge >= 0.3 is 0 Å². The van der Waals surface area contributed by atoms with Crippen LogP contribution in [0.2, 0.25) is 0 Å². The van der Waals surface area contributed by atoms with E-state index in [0.717, 1.165) is 43.3 Å². The van der Waals surface area contributed by atoms with Gasteiger partial charge in [-0.05, 0) is 24.8 Å². The molecule has 1 saturated heterocycles. The number of benzene rings is 1. The second kappa shape index (κ2) is 7.80. The third-order valence-corrected chi connectivity index (χ3v) is 6.04. The van der Waals surface area contributed by atoms with E-state index in [1.165, 1.54) is 32.2 Å². The molecule has 1 aromatic carbocycles. The molecule has 0 amide bonds. The van der Waals surface area contributed by atoms with Crippen LogP contribution in [0.3, 0.4) is 0 Å². The van der Waals surface area contributed by atoms with E-state index >= 15 is 0 Å². The van der Waals surface area contributed by atoms with E-state index in [4.69, 9.17) is 0 Å². The maximum absolute atomic E-state index is 10.9. The molecule has 1 atom stereocenters. The molecular formula is C21H30N4O. The van der Waals surface area contributed by atoms with Gasteiger partial charge in [0.25, 0.3) is 0 Å². The zero-order valence-electron chi connectivity index (χ0n) is 15.7. The molecule has 0 bridgehead atoms. The van der Waals surface area contributed by atoms with Gasteiger partial charge in [-0.2, -0.15) is 0 Å². The first-order valence-corrected chi connectivity index (χ1v) is 9.94. The van der Waals surface area contributed by atoms with E-state index in [-0.39, 0.29) is 0 Å². The van der Waals surface area contributed by atoms with Gasteiger partial charge in [0.15, 0.2) is 0 Å². The second-order valence-electron chi connectivity index (χ2n) is 7.80. The first kappa shape index (κ1) is 17.6. The number of aromatic nitrogens is 2. The summed E-state index contributed by atoms with van der Waals surface area (Å²) in [5, 5.41) is 10.9. The van der Waals surface area contributed by atoms with Crippen molar-refractivity contribution in [3.63, 3.8) is 0 Å². The average Bonchev–Trinajstić information content (AvgIpc) is 3.33. The Labute approximate surface area is 156 Å². The highest BCUT2D eigenvalue weighted by Crippen LogP contribution is 2.31. The molecule has 2 aromatic rings. The lowest BCUT2D eigenvalue weighted by Gasteiger charge is -2.38. The number of aryl methyl sites for hydroxylation is 1. The van der Waals surface area contributed by atoms with Gasteiger partial charge in [0, 0.05) is 63.4 Å². The summed E-state index contributed by atoms with van der Waals surface area (Å²) in [5.41, 5.74) is 2.09. The number of hydrogen-bond donors (Lipinski definition) is 1. The minimum Gasteiger partial charge on any atom is -0.380 e. The molecule has 140 valence electrons. The highest BCUT2D eigenvalue weighted by Gasteiger charge is 2.25. The number of para-hydroxylation sites is 1. The van der Waals surface area contributed by atoms with Crippen molar-refractivity contribution < 1.29 is 5.11 Å². The third-order valence-electron chi connectivity index (χ3n) is 6.04. The van der Waals surface area contributed by atoms with Crippen LogP contribution in [0.5, 0.6) is 0 Å². The summed E-state index contributed by atoms with van der Waals surface area (Å²) in [5.74, 6) is 1.61. The summed E-state index contributed by atoms with van der Waals surface area (Å²) >= 11 is 0. The topological polar surface area (TPSA) is 44.5 Å². The van der Waals surface area contributed by atoms with Gasteiger partial charge in [-0.3, -0.25) is 4.90 Å². The predicted molar refractivity (Wildman–Crippen MR) is 104 cm³/mol. The number of imidazole rings is 1. The van der Waals surface area contributed by atoms with Crippen LogP contribution in [0.25, 0.3) is 0 Å². The SMILES string of the molecule is Cn1ccnc1C(O)c1ccccc1N1CCN(CC2CCCC2)CC1. The van der Waals surface area contributed by atoms with Crippen LogP contribution in [0, 0.1) is 5.92 Å². The van der Waals surface area contributed by atoms with Crippen molar-refractivity contribution in [1.82, 2.24) is 14.5 Å². The summed E-state index contributed by atoms with van der Waals surface area (Å²) in [4.78, 5) is 9.39.